The van der Waals surface area contributed by atoms with Crippen molar-refractivity contribution < 1.29 is 4.79 Å². The van der Waals surface area contributed by atoms with Gasteiger partial charge in [-0.2, -0.15) is 11.8 Å². The molecule has 0 fully saturated rings. The Kier molecular flexibility index (Phi) is 7.52. The molecule has 0 unspecified atom stereocenters. The molecule has 4 nitrogen and oxygen atoms in total. The van der Waals surface area contributed by atoms with Crippen molar-refractivity contribution in [3.05, 3.63) is 22.3 Å². The van der Waals surface area contributed by atoms with Gasteiger partial charge in [-0.3, -0.25) is 4.79 Å². The van der Waals surface area contributed by atoms with Crippen LogP contribution in [-0.4, -0.2) is 35.0 Å². The highest BCUT2D eigenvalue weighted by Gasteiger charge is 2.26. The van der Waals surface area contributed by atoms with E-state index in [1.54, 1.807) is 12.3 Å². The lowest BCUT2D eigenvalue weighted by atomic mass is 10.0. The normalized spacial score (nSPS) is 11.3. The Balaban J connectivity index is 2.86. The molecule has 0 bridgehead atoms. The highest BCUT2D eigenvalue weighted by atomic mass is 79.9. The Labute approximate surface area is 140 Å². The average molecular weight is 374 g/mol. The summed E-state index contributed by atoms with van der Waals surface area (Å²) in [5.74, 6) is 0.543. The predicted octanol–water partition coefficient (Wildman–Crippen LogP) is 3.93. The minimum absolute atomic E-state index is 0.0833. The summed E-state index contributed by atoms with van der Waals surface area (Å²) in [6.45, 7) is 7.71. The van der Waals surface area contributed by atoms with Crippen molar-refractivity contribution in [3.63, 3.8) is 0 Å². The number of carbonyl (C=O) groups is 1. The number of anilines is 1. The zero-order valence-corrected chi connectivity index (χ0v) is 15.5. The standard InChI is InChI=1S/C15H24BrN3OS/c1-5-15(6-2,21-4)10-19-14(20)12-8-11(16)9-18-13(12)17-7-3/h8-9H,5-7,10H2,1-4H3,(H,17,18)(H,19,20). The maximum atomic E-state index is 12.5. The van der Waals surface area contributed by atoms with Crippen molar-refractivity contribution >= 4 is 39.4 Å². The van der Waals surface area contributed by atoms with Crippen LogP contribution in [0, 0.1) is 0 Å². The van der Waals surface area contributed by atoms with E-state index in [2.05, 4.69) is 51.7 Å². The number of nitrogens with zero attached hydrogens (tertiary/aromatic N) is 1. The van der Waals surface area contributed by atoms with Crippen molar-refractivity contribution in [2.75, 3.05) is 24.7 Å². The van der Waals surface area contributed by atoms with E-state index in [4.69, 9.17) is 0 Å². The van der Waals surface area contributed by atoms with Crippen LogP contribution in [0.1, 0.15) is 44.0 Å². The topological polar surface area (TPSA) is 54.0 Å². The third-order valence-corrected chi connectivity index (χ3v) is 5.76. The molecule has 1 heterocycles. The first-order valence-corrected chi connectivity index (χ1v) is 9.26. The second-order valence-electron chi connectivity index (χ2n) is 4.86. The first kappa shape index (κ1) is 18.3. The van der Waals surface area contributed by atoms with Gasteiger partial charge in [0.2, 0.25) is 0 Å². The van der Waals surface area contributed by atoms with Gasteiger partial charge in [-0.1, -0.05) is 13.8 Å². The fourth-order valence-electron chi connectivity index (χ4n) is 2.12. The van der Waals surface area contributed by atoms with Crippen LogP contribution < -0.4 is 10.6 Å². The molecule has 6 heteroatoms. The Hall–Kier alpha value is -0.750. The smallest absolute Gasteiger partial charge is 0.255 e. The number of aromatic nitrogens is 1. The number of hydrogen-bond acceptors (Lipinski definition) is 4. The second-order valence-corrected chi connectivity index (χ2v) is 7.05. The Morgan fingerprint density at radius 2 is 2.05 bits per heavy atom. The molecule has 1 aromatic rings. The summed E-state index contributed by atoms with van der Waals surface area (Å²) in [4.78, 5) is 16.7. The average Bonchev–Trinajstić information content (AvgIpc) is 2.51. The minimum Gasteiger partial charge on any atom is -0.370 e. The molecule has 0 radical (unpaired) electrons. The lowest BCUT2D eigenvalue weighted by molar-refractivity contribution is 0.0949. The Morgan fingerprint density at radius 1 is 1.38 bits per heavy atom. The molecule has 0 aliphatic carbocycles. The van der Waals surface area contributed by atoms with Crippen LogP contribution in [0.4, 0.5) is 5.82 Å². The van der Waals surface area contributed by atoms with Crippen LogP contribution in [0.15, 0.2) is 16.7 Å². The quantitative estimate of drug-likeness (QED) is 0.724. The van der Waals surface area contributed by atoms with Gasteiger partial charge in [0.1, 0.15) is 5.82 Å². The highest BCUT2D eigenvalue weighted by molar-refractivity contribution is 9.10. The lowest BCUT2D eigenvalue weighted by Gasteiger charge is -2.29. The van der Waals surface area contributed by atoms with E-state index in [0.29, 0.717) is 17.9 Å². The van der Waals surface area contributed by atoms with E-state index >= 15 is 0 Å². The monoisotopic (exact) mass is 373 g/mol. The summed E-state index contributed by atoms with van der Waals surface area (Å²) < 4.78 is 0.907. The molecular formula is C15H24BrN3OS. The molecule has 0 saturated carbocycles. The summed E-state index contributed by atoms with van der Waals surface area (Å²) in [5.41, 5.74) is 0.577. The van der Waals surface area contributed by atoms with Gasteiger partial charge in [-0.15, -0.1) is 0 Å². The van der Waals surface area contributed by atoms with Gasteiger partial charge in [-0.25, -0.2) is 4.98 Å². The Bertz CT molecular complexity index is 470. The van der Waals surface area contributed by atoms with Gasteiger partial charge in [-0.05, 0) is 48.0 Å². The molecule has 0 aromatic carbocycles. The number of rotatable bonds is 8. The molecule has 0 atom stereocenters. The third kappa shape index (κ3) is 4.88. The van der Waals surface area contributed by atoms with Crippen molar-refractivity contribution in [1.82, 2.24) is 10.3 Å². The number of hydrogen-bond donors (Lipinski definition) is 2. The van der Waals surface area contributed by atoms with Crippen molar-refractivity contribution in [1.29, 1.82) is 0 Å². The maximum absolute atomic E-state index is 12.5. The fourth-order valence-corrected chi connectivity index (χ4v) is 3.24. The number of nitrogens with one attached hydrogen (secondary N) is 2. The molecule has 118 valence electrons. The van der Waals surface area contributed by atoms with Gasteiger partial charge in [0.25, 0.3) is 5.91 Å². The van der Waals surface area contributed by atoms with E-state index < -0.39 is 0 Å². The van der Waals surface area contributed by atoms with Gasteiger partial charge in [0.05, 0.1) is 5.56 Å². The van der Waals surface area contributed by atoms with Crippen LogP contribution in [0.3, 0.4) is 0 Å². The predicted molar refractivity (Wildman–Crippen MR) is 95.3 cm³/mol. The molecule has 21 heavy (non-hydrogen) atoms. The summed E-state index contributed by atoms with van der Waals surface area (Å²) in [6.07, 6.45) is 5.85. The molecular weight excluding hydrogens is 350 g/mol. The number of pyridine rings is 1. The van der Waals surface area contributed by atoms with E-state index in [1.807, 2.05) is 18.7 Å². The number of thioether (sulfide) groups is 1. The van der Waals surface area contributed by atoms with E-state index in [9.17, 15) is 4.79 Å². The number of carbonyl (C=O) groups excluding carboxylic acids is 1. The summed E-state index contributed by atoms with van der Waals surface area (Å²) in [6, 6.07) is 1.80. The molecule has 0 aliphatic heterocycles. The zero-order chi connectivity index (χ0) is 15.9. The van der Waals surface area contributed by atoms with Crippen molar-refractivity contribution in [2.24, 2.45) is 0 Å². The molecule has 0 spiro atoms. The number of halogens is 1. The van der Waals surface area contributed by atoms with E-state index in [0.717, 1.165) is 23.9 Å². The maximum Gasteiger partial charge on any atom is 0.255 e. The number of amides is 1. The highest BCUT2D eigenvalue weighted by Crippen LogP contribution is 2.29. The third-order valence-electron chi connectivity index (χ3n) is 3.74. The first-order chi connectivity index (χ1) is 10.0. The molecule has 1 rings (SSSR count). The van der Waals surface area contributed by atoms with E-state index in [1.165, 1.54) is 0 Å². The van der Waals surface area contributed by atoms with Crippen molar-refractivity contribution in [2.45, 2.75) is 38.4 Å². The zero-order valence-electron chi connectivity index (χ0n) is 13.1. The molecule has 2 N–H and O–H groups in total. The van der Waals surface area contributed by atoms with Crippen LogP contribution in [0.5, 0.6) is 0 Å². The van der Waals surface area contributed by atoms with Gasteiger partial charge in [0.15, 0.2) is 0 Å². The van der Waals surface area contributed by atoms with Crippen LogP contribution in [0.25, 0.3) is 0 Å². The minimum atomic E-state index is -0.0833. The molecule has 1 amide bonds. The fraction of sp³-hybridized carbons (Fsp3) is 0.600. The first-order valence-electron chi connectivity index (χ1n) is 7.24. The van der Waals surface area contributed by atoms with Crippen LogP contribution in [0.2, 0.25) is 0 Å². The molecule has 0 aliphatic rings. The second kappa shape index (κ2) is 8.63. The van der Waals surface area contributed by atoms with Crippen molar-refractivity contribution in [3.8, 4) is 0 Å². The summed E-state index contributed by atoms with van der Waals surface area (Å²) in [7, 11) is 0. The lowest BCUT2D eigenvalue weighted by Crippen LogP contribution is -2.39. The van der Waals surface area contributed by atoms with Crippen LogP contribution >= 0.6 is 27.7 Å². The summed E-state index contributed by atoms with van der Waals surface area (Å²) >= 11 is 5.19. The van der Waals surface area contributed by atoms with E-state index in [-0.39, 0.29) is 10.7 Å². The van der Waals surface area contributed by atoms with Crippen LogP contribution in [-0.2, 0) is 0 Å². The SMILES string of the molecule is CCNc1ncc(Br)cc1C(=O)NCC(CC)(CC)SC. The van der Waals surface area contributed by atoms with Gasteiger partial charge >= 0.3 is 0 Å². The summed E-state index contributed by atoms with van der Waals surface area (Å²) in [5, 5.41) is 6.18. The largest absolute Gasteiger partial charge is 0.370 e. The molecule has 0 saturated heterocycles. The van der Waals surface area contributed by atoms with Gasteiger partial charge in [0, 0.05) is 28.5 Å². The van der Waals surface area contributed by atoms with Gasteiger partial charge < -0.3 is 10.6 Å². The molecule has 1 aromatic heterocycles. The Morgan fingerprint density at radius 3 is 2.57 bits per heavy atom.